The first-order valence-electron chi connectivity index (χ1n) is 6.77. The van der Waals surface area contributed by atoms with Gasteiger partial charge in [0.05, 0.1) is 11.0 Å². The molecule has 1 amide bonds. The van der Waals surface area contributed by atoms with Crippen LogP contribution in [0.4, 0.5) is 0 Å². The molecule has 20 heavy (non-hydrogen) atoms. The molecule has 106 valence electrons. The van der Waals surface area contributed by atoms with Crippen molar-refractivity contribution in [2.24, 2.45) is 5.92 Å². The topological polar surface area (TPSA) is 46.2 Å². The van der Waals surface area contributed by atoms with Crippen LogP contribution < -0.4 is 5.32 Å². The van der Waals surface area contributed by atoms with E-state index in [1.807, 2.05) is 26.0 Å². The molecule has 0 aliphatic heterocycles. The summed E-state index contributed by atoms with van der Waals surface area (Å²) in [6.07, 6.45) is 0.884. The SMILES string of the molecule is CCC(C)C(Cl)C1=C(C(=O)NC)C(=O)c2ccccc21. The van der Waals surface area contributed by atoms with E-state index in [-0.39, 0.29) is 28.6 Å². The van der Waals surface area contributed by atoms with Gasteiger partial charge in [0.25, 0.3) is 5.91 Å². The molecule has 2 rings (SSSR count). The minimum atomic E-state index is -0.366. The number of Topliss-reactive ketones (excluding diaryl/α,β-unsaturated/α-hetero) is 1. The van der Waals surface area contributed by atoms with Gasteiger partial charge in [-0.05, 0) is 17.1 Å². The summed E-state index contributed by atoms with van der Waals surface area (Å²) >= 11 is 6.54. The average Bonchev–Trinajstić information content (AvgIpc) is 2.78. The van der Waals surface area contributed by atoms with E-state index in [4.69, 9.17) is 11.6 Å². The lowest BCUT2D eigenvalue weighted by molar-refractivity contribution is -0.116. The van der Waals surface area contributed by atoms with E-state index in [0.29, 0.717) is 11.1 Å². The Bertz CT molecular complexity index is 592. The average molecular weight is 292 g/mol. The number of alkyl halides is 1. The van der Waals surface area contributed by atoms with Gasteiger partial charge in [-0.25, -0.2) is 0 Å². The van der Waals surface area contributed by atoms with E-state index in [9.17, 15) is 9.59 Å². The number of rotatable bonds is 4. The Morgan fingerprint density at radius 2 is 1.90 bits per heavy atom. The first-order chi connectivity index (χ1) is 9.52. The fourth-order valence-electron chi connectivity index (χ4n) is 2.44. The van der Waals surface area contributed by atoms with Crippen molar-refractivity contribution in [2.75, 3.05) is 7.05 Å². The molecule has 1 N–H and O–H groups in total. The zero-order valence-electron chi connectivity index (χ0n) is 11.9. The van der Waals surface area contributed by atoms with Crippen LogP contribution in [0.25, 0.3) is 5.57 Å². The monoisotopic (exact) mass is 291 g/mol. The molecular weight excluding hydrogens is 274 g/mol. The minimum Gasteiger partial charge on any atom is -0.355 e. The number of halogens is 1. The van der Waals surface area contributed by atoms with Crippen molar-refractivity contribution in [1.82, 2.24) is 5.32 Å². The second-order valence-corrected chi connectivity index (χ2v) is 5.50. The van der Waals surface area contributed by atoms with Gasteiger partial charge in [-0.15, -0.1) is 11.6 Å². The van der Waals surface area contributed by atoms with Gasteiger partial charge < -0.3 is 5.32 Å². The first-order valence-corrected chi connectivity index (χ1v) is 7.20. The summed E-state index contributed by atoms with van der Waals surface area (Å²) in [6.45, 7) is 4.07. The fraction of sp³-hybridized carbons (Fsp3) is 0.375. The lowest BCUT2D eigenvalue weighted by Gasteiger charge is -2.19. The van der Waals surface area contributed by atoms with Gasteiger partial charge in [-0.1, -0.05) is 44.5 Å². The van der Waals surface area contributed by atoms with Gasteiger partial charge in [0, 0.05) is 12.6 Å². The number of benzene rings is 1. The van der Waals surface area contributed by atoms with Crippen molar-refractivity contribution >= 4 is 28.9 Å². The van der Waals surface area contributed by atoms with Gasteiger partial charge in [-0.3, -0.25) is 9.59 Å². The van der Waals surface area contributed by atoms with Crippen LogP contribution >= 0.6 is 11.6 Å². The molecule has 0 saturated carbocycles. The Hall–Kier alpha value is -1.61. The standard InChI is InChI=1S/C16H18ClNO2/c1-4-9(2)14(17)12-10-7-5-6-8-11(10)15(19)13(12)16(20)18-3/h5-9,14H,4H2,1-3H3,(H,18,20). The van der Waals surface area contributed by atoms with Crippen LogP contribution in [0.3, 0.4) is 0 Å². The quantitative estimate of drug-likeness (QED) is 0.684. The summed E-state index contributed by atoms with van der Waals surface area (Å²) in [4.78, 5) is 24.5. The van der Waals surface area contributed by atoms with Crippen molar-refractivity contribution in [3.05, 3.63) is 41.0 Å². The number of amides is 1. The summed E-state index contributed by atoms with van der Waals surface area (Å²) in [5.74, 6) is -0.413. The van der Waals surface area contributed by atoms with Gasteiger partial charge in [0.1, 0.15) is 0 Å². The highest BCUT2D eigenvalue weighted by atomic mass is 35.5. The maximum atomic E-state index is 12.4. The second kappa shape index (κ2) is 5.80. The summed E-state index contributed by atoms with van der Waals surface area (Å²) in [5, 5.41) is 2.19. The van der Waals surface area contributed by atoms with Crippen LogP contribution in [0, 0.1) is 5.92 Å². The van der Waals surface area contributed by atoms with Gasteiger partial charge in [0.15, 0.2) is 5.78 Å². The molecule has 0 saturated heterocycles. The molecule has 0 aromatic heterocycles. The zero-order chi connectivity index (χ0) is 14.9. The third-order valence-electron chi connectivity index (χ3n) is 3.83. The van der Waals surface area contributed by atoms with Crippen molar-refractivity contribution < 1.29 is 9.59 Å². The number of hydrogen-bond acceptors (Lipinski definition) is 2. The van der Waals surface area contributed by atoms with Crippen LogP contribution in [0.2, 0.25) is 0 Å². The number of fused-ring (bicyclic) bond motifs is 1. The molecule has 4 heteroatoms. The van der Waals surface area contributed by atoms with E-state index in [1.165, 1.54) is 7.05 Å². The zero-order valence-corrected chi connectivity index (χ0v) is 12.6. The first kappa shape index (κ1) is 14.8. The summed E-state index contributed by atoms with van der Waals surface area (Å²) in [5.41, 5.74) is 2.21. The van der Waals surface area contributed by atoms with Gasteiger partial charge in [0.2, 0.25) is 0 Å². The van der Waals surface area contributed by atoms with Crippen LogP contribution in [0.5, 0.6) is 0 Å². The Morgan fingerprint density at radius 3 is 2.45 bits per heavy atom. The van der Waals surface area contributed by atoms with Crippen molar-refractivity contribution in [2.45, 2.75) is 25.6 Å². The number of carbonyl (C=O) groups is 2. The predicted molar refractivity (Wildman–Crippen MR) is 80.9 cm³/mol. The highest BCUT2D eigenvalue weighted by molar-refractivity contribution is 6.39. The summed E-state index contributed by atoms with van der Waals surface area (Å²) < 4.78 is 0. The third-order valence-corrected chi connectivity index (χ3v) is 4.48. The van der Waals surface area contributed by atoms with E-state index < -0.39 is 0 Å². The molecule has 0 fully saturated rings. The molecule has 1 aliphatic rings. The molecule has 2 atom stereocenters. The number of likely N-dealkylation sites (N-methyl/N-ethyl adjacent to an activating group) is 1. The van der Waals surface area contributed by atoms with Crippen LogP contribution in [0.15, 0.2) is 29.8 Å². The number of allylic oxidation sites excluding steroid dienone is 1. The molecular formula is C16H18ClNO2. The molecule has 1 aromatic carbocycles. The maximum Gasteiger partial charge on any atom is 0.255 e. The van der Waals surface area contributed by atoms with Crippen LogP contribution in [-0.4, -0.2) is 24.1 Å². The number of nitrogens with one attached hydrogen (secondary N) is 1. The smallest absolute Gasteiger partial charge is 0.255 e. The summed E-state index contributed by atoms with van der Waals surface area (Å²) in [6, 6.07) is 7.26. The van der Waals surface area contributed by atoms with E-state index in [1.54, 1.807) is 12.1 Å². The van der Waals surface area contributed by atoms with E-state index in [0.717, 1.165) is 12.0 Å². The maximum absolute atomic E-state index is 12.4. The Labute approximate surface area is 124 Å². The molecule has 0 bridgehead atoms. The number of carbonyl (C=O) groups excluding carboxylic acids is 2. The number of ketones is 1. The van der Waals surface area contributed by atoms with Crippen LogP contribution in [-0.2, 0) is 4.79 Å². The Balaban J connectivity index is 2.62. The highest BCUT2D eigenvalue weighted by Gasteiger charge is 2.37. The fourth-order valence-corrected chi connectivity index (χ4v) is 2.84. The molecule has 0 radical (unpaired) electrons. The molecule has 1 aromatic rings. The second-order valence-electron chi connectivity index (χ2n) is 5.03. The Kier molecular flexibility index (Phi) is 4.29. The summed E-state index contributed by atoms with van der Waals surface area (Å²) in [7, 11) is 1.52. The lowest BCUT2D eigenvalue weighted by Crippen LogP contribution is -2.25. The highest BCUT2D eigenvalue weighted by Crippen LogP contribution is 2.40. The molecule has 0 spiro atoms. The van der Waals surface area contributed by atoms with Gasteiger partial charge >= 0.3 is 0 Å². The lowest BCUT2D eigenvalue weighted by atomic mass is 9.92. The van der Waals surface area contributed by atoms with Crippen molar-refractivity contribution in [1.29, 1.82) is 0 Å². The third kappa shape index (κ3) is 2.27. The number of hydrogen-bond donors (Lipinski definition) is 1. The van der Waals surface area contributed by atoms with E-state index >= 15 is 0 Å². The molecule has 1 aliphatic carbocycles. The molecule has 3 nitrogen and oxygen atoms in total. The van der Waals surface area contributed by atoms with Crippen molar-refractivity contribution in [3.8, 4) is 0 Å². The van der Waals surface area contributed by atoms with Gasteiger partial charge in [-0.2, -0.15) is 0 Å². The predicted octanol–water partition coefficient (Wildman–Crippen LogP) is 3.04. The normalized spacial score (nSPS) is 16.9. The minimum absolute atomic E-state index is 0.185. The largest absolute Gasteiger partial charge is 0.355 e. The van der Waals surface area contributed by atoms with Crippen molar-refractivity contribution in [3.63, 3.8) is 0 Å². The van der Waals surface area contributed by atoms with E-state index in [2.05, 4.69) is 5.32 Å². The molecule has 0 heterocycles. The van der Waals surface area contributed by atoms with Crippen LogP contribution in [0.1, 0.15) is 36.2 Å². The Morgan fingerprint density at radius 1 is 1.30 bits per heavy atom. The molecule has 2 unspecified atom stereocenters.